The number of morpholine rings is 1. The van der Waals surface area contributed by atoms with Crippen molar-refractivity contribution in [2.24, 2.45) is 5.92 Å². The van der Waals surface area contributed by atoms with Crippen molar-refractivity contribution in [2.45, 2.75) is 53.0 Å². The van der Waals surface area contributed by atoms with Crippen molar-refractivity contribution in [1.82, 2.24) is 10.2 Å². The molecule has 1 amide bonds. The monoisotopic (exact) mass is 374 g/mol. The van der Waals surface area contributed by atoms with Gasteiger partial charge in [0.2, 0.25) is 5.91 Å². The summed E-state index contributed by atoms with van der Waals surface area (Å²) in [5, 5.41) is 3.04. The number of rotatable bonds is 9. The molecule has 2 rings (SSSR count). The van der Waals surface area contributed by atoms with Crippen LogP contribution in [0.4, 0.5) is 0 Å². The van der Waals surface area contributed by atoms with Gasteiger partial charge in [-0.1, -0.05) is 31.5 Å². The molecule has 0 saturated carbocycles. The first kappa shape index (κ1) is 21.6. The highest BCUT2D eigenvalue weighted by atomic mass is 16.5. The van der Waals surface area contributed by atoms with Crippen LogP contribution < -0.4 is 5.32 Å². The molecular formula is C22H34N2O3. The molecule has 0 aliphatic carbocycles. The van der Waals surface area contributed by atoms with Crippen LogP contribution in [0.15, 0.2) is 18.2 Å². The summed E-state index contributed by atoms with van der Waals surface area (Å²) in [6.07, 6.45) is 1.54. The SMILES string of the molecule is Cc1ccc(C)c(C(=O)CCC(=O)NCC(CC(C)C)N2CCOCC2)c1. The maximum Gasteiger partial charge on any atom is 0.220 e. The van der Waals surface area contributed by atoms with E-state index >= 15 is 0 Å². The molecule has 0 spiro atoms. The third-order valence-corrected chi connectivity index (χ3v) is 5.11. The Hall–Kier alpha value is -1.72. The second-order valence-corrected chi connectivity index (χ2v) is 7.98. The van der Waals surface area contributed by atoms with E-state index in [0.717, 1.165) is 49.4 Å². The van der Waals surface area contributed by atoms with E-state index in [1.165, 1.54) is 0 Å². The average Bonchev–Trinajstić information content (AvgIpc) is 2.65. The Kier molecular flexibility index (Phi) is 8.45. The largest absolute Gasteiger partial charge is 0.379 e. The molecule has 1 aliphatic heterocycles. The third-order valence-electron chi connectivity index (χ3n) is 5.11. The Morgan fingerprint density at radius 2 is 1.85 bits per heavy atom. The minimum absolute atomic E-state index is 0.0401. The van der Waals surface area contributed by atoms with Crippen molar-refractivity contribution < 1.29 is 14.3 Å². The number of nitrogens with zero attached hydrogens (tertiary/aromatic N) is 1. The van der Waals surface area contributed by atoms with Gasteiger partial charge >= 0.3 is 0 Å². The number of ketones is 1. The van der Waals surface area contributed by atoms with Crippen LogP contribution in [0.5, 0.6) is 0 Å². The lowest BCUT2D eigenvalue weighted by molar-refractivity contribution is -0.121. The van der Waals surface area contributed by atoms with Crippen LogP contribution in [-0.2, 0) is 9.53 Å². The van der Waals surface area contributed by atoms with Crippen molar-refractivity contribution in [3.63, 3.8) is 0 Å². The molecule has 5 heteroatoms. The van der Waals surface area contributed by atoms with E-state index in [4.69, 9.17) is 4.74 Å². The molecule has 27 heavy (non-hydrogen) atoms. The Labute approximate surface area is 163 Å². The number of carbonyl (C=O) groups excluding carboxylic acids is 2. The molecule has 150 valence electrons. The van der Waals surface area contributed by atoms with Crippen LogP contribution in [-0.4, -0.2) is 55.5 Å². The molecule has 1 aromatic carbocycles. The molecule has 1 fully saturated rings. The number of carbonyl (C=O) groups is 2. The zero-order valence-electron chi connectivity index (χ0n) is 17.2. The summed E-state index contributed by atoms with van der Waals surface area (Å²) in [6.45, 7) is 12.3. The topological polar surface area (TPSA) is 58.6 Å². The summed E-state index contributed by atoms with van der Waals surface area (Å²) in [7, 11) is 0. The summed E-state index contributed by atoms with van der Waals surface area (Å²) in [5.74, 6) is 0.564. The van der Waals surface area contributed by atoms with Gasteiger partial charge < -0.3 is 10.1 Å². The zero-order valence-corrected chi connectivity index (χ0v) is 17.2. The number of ether oxygens (including phenoxy) is 1. The van der Waals surface area contributed by atoms with E-state index in [2.05, 4.69) is 24.1 Å². The third kappa shape index (κ3) is 7.07. The van der Waals surface area contributed by atoms with E-state index in [-0.39, 0.29) is 24.5 Å². The second-order valence-electron chi connectivity index (χ2n) is 7.98. The number of hydrogen-bond acceptors (Lipinski definition) is 4. The van der Waals surface area contributed by atoms with Crippen molar-refractivity contribution in [3.05, 3.63) is 34.9 Å². The predicted molar refractivity (Wildman–Crippen MR) is 108 cm³/mol. The zero-order chi connectivity index (χ0) is 19.8. The maximum absolute atomic E-state index is 12.5. The fourth-order valence-corrected chi connectivity index (χ4v) is 3.57. The van der Waals surface area contributed by atoms with Gasteiger partial charge in [-0.2, -0.15) is 0 Å². The minimum atomic E-state index is -0.0457. The standard InChI is InChI=1S/C22H34N2O3/c1-16(2)13-19(24-9-11-27-12-10-24)15-23-22(26)8-7-21(25)20-14-17(3)5-6-18(20)4/h5-6,14,16,19H,7-13,15H2,1-4H3,(H,23,26). The van der Waals surface area contributed by atoms with E-state index in [1.54, 1.807) is 0 Å². The summed E-state index contributed by atoms with van der Waals surface area (Å²) < 4.78 is 5.44. The summed E-state index contributed by atoms with van der Waals surface area (Å²) in [5.41, 5.74) is 2.76. The highest BCUT2D eigenvalue weighted by Crippen LogP contribution is 2.15. The van der Waals surface area contributed by atoms with Crippen molar-refractivity contribution in [1.29, 1.82) is 0 Å². The van der Waals surface area contributed by atoms with Crippen molar-refractivity contribution in [2.75, 3.05) is 32.8 Å². The van der Waals surface area contributed by atoms with Gasteiger partial charge in [0.1, 0.15) is 0 Å². The van der Waals surface area contributed by atoms with Gasteiger partial charge in [-0.25, -0.2) is 0 Å². The number of hydrogen-bond donors (Lipinski definition) is 1. The quantitative estimate of drug-likeness (QED) is 0.675. The van der Waals surface area contributed by atoms with Gasteiger partial charge in [0.25, 0.3) is 0 Å². The summed E-state index contributed by atoms with van der Waals surface area (Å²) in [6, 6.07) is 6.19. The first-order valence-corrected chi connectivity index (χ1v) is 10.1. The van der Waals surface area contributed by atoms with Crippen LogP contribution >= 0.6 is 0 Å². The second kappa shape index (κ2) is 10.6. The van der Waals surface area contributed by atoms with Crippen LogP contribution in [0, 0.1) is 19.8 Å². The first-order valence-electron chi connectivity index (χ1n) is 10.1. The lowest BCUT2D eigenvalue weighted by atomic mass is 9.99. The Morgan fingerprint density at radius 3 is 2.52 bits per heavy atom. The fraction of sp³-hybridized carbons (Fsp3) is 0.636. The van der Waals surface area contributed by atoms with Gasteiger partial charge in [0.15, 0.2) is 5.78 Å². The van der Waals surface area contributed by atoms with Gasteiger partial charge in [-0.3, -0.25) is 14.5 Å². The highest BCUT2D eigenvalue weighted by Gasteiger charge is 2.22. The normalized spacial score (nSPS) is 16.3. The Balaban J connectivity index is 1.82. The number of Topliss-reactive ketones (excluding diaryl/α,β-unsaturated/α-hetero) is 1. The highest BCUT2D eigenvalue weighted by molar-refractivity contribution is 5.99. The van der Waals surface area contributed by atoms with Gasteiger partial charge in [-0.05, 0) is 37.8 Å². The van der Waals surface area contributed by atoms with E-state index < -0.39 is 0 Å². The molecule has 1 aromatic rings. The van der Waals surface area contributed by atoms with E-state index in [0.29, 0.717) is 18.5 Å². The van der Waals surface area contributed by atoms with Crippen molar-refractivity contribution >= 4 is 11.7 Å². The molecule has 1 N–H and O–H groups in total. The smallest absolute Gasteiger partial charge is 0.220 e. The first-order chi connectivity index (χ1) is 12.9. The van der Waals surface area contributed by atoms with Crippen LogP contribution in [0.3, 0.4) is 0 Å². The lowest BCUT2D eigenvalue weighted by Crippen LogP contribution is -2.49. The molecule has 1 atom stereocenters. The van der Waals surface area contributed by atoms with Gasteiger partial charge in [-0.15, -0.1) is 0 Å². The Morgan fingerprint density at radius 1 is 1.15 bits per heavy atom. The van der Waals surface area contributed by atoms with E-state index in [1.807, 2.05) is 32.0 Å². The number of amides is 1. The van der Waals surface area contributed by atoms with Gasteiger partial charge in [0.05, 0.1) is 13.2 Å². The molecule has 0 aromatic heterocycles. The predicted octanol–water partition coefficient (Wildman–Crippen LogP) is 3.13. The molecule has 1 heterocycles. The lowest BCUT2D eigenvalue weighted by Gasteiger charge is -2.35. The van der Waals surface area contributed by atoms with Crippen LogP contribution in [0.1, 0.15) is 54.6 Å². The molecule has 1 aliphatic rings. The molecule has 0 radical (unpaired) electrons. The minimum Gasteiger partial charge on any atom is -0.379 e. The number of nitrogens with one attached hydrogen (secondary N) is 1. The molecule has 1 unspecified atom stereocenters. The summed E-state index contributed by atoms with van der Waals surface area (Å²) in [4.78, 5) is 27.2. The van der Waals surface area contributed by atoms with E-state index in [9.17, 15) is 9.59 Å². The molecular weight excluding hydrogens is 340 g/mol. The molecule has 1 saturated heterocycles. The average molecular weight is 375 g/mol. The number of aryl methyl sites for hydroxylation is 2. The van der Waals surface area contributed by atoms with Gasteiger partial charge in [0, 0.05) is 44.1 Å². The van der Waals surface area contributed by atoms with Crippen LogP contribution in [0.25, 0.3) is 0 Å². The fourth-order valence-electron chi connectivity index (χ4n) is 3.57. The molecule has 0 bridgehead atoms. The number of benzene rings is 1. The summed E-state index contributed by atoms with van der Waals surface area (Å²) >= 11 is 0. The van der Waals surface area contributed by atoms with Crippen LogP contribution in [0.2, 0.25) is 0 Å². The molecule has 5 nitrogen and oxygen atoms in total. The maximum atomic E-state index is 12.5. The Bertz CT molecular complexity index is 636. The van der Waals surface area contributed by atoms with Crippen molar-refractivity contribution in [3.8, 4) is 0 Å².